The van der Waals surface area contributed by atoms with Crippen LogP contribution in [-0.2, 0) is 0 Å². The highest BCUT2D eigenvalue weighted by Gasteiger charge is 2.13. The van der Waals surface area contributed by atoms with Gasteiger partial charge in [0.15, 0.2) is 5.13 Å². The minimum absolute atomic E-state index is 0.587. The Balaban J connectivity index is 1.73. The van der Waals surface area contributed by atoms with Crippen LogP contribution in [0.25, 0.3) is 22.3 Å². The summed E-state index contributed by atoms with van der Waals surface area (Å²) >= 11 is 4.93. The molecule has 0 aliphatic rings. The van der Waals surface area contributed by atoms with E-state index >= 15 is 0 Å². The van der Waals surface area contributed by atoms with Crippen LogP contribution in [0.2, 0.25) is 0 Å². The van der Waals surface area contributed by atoms with Gasteiger partial charge in [0.25, 0.3) is 0 Å². The minimum Gasteiger partial charge on any atom is -0.375 e. The third kappa shape index (κ3) is 2.83. The van der Waals surface area contributed by atoms with E-state index in [2.05, 4.69) is 63.1 Å². The van der Waals surface area contributed by atoms with E-state index in [4.69, 9.17) is 5.73 Å². The number of fused-ring (bicyclic) bond motifs is 1. The fourth-order valence-electron chi connectivity index (χ4n) is 2.45. The first-order chi connectivity index (χ1) is 11.2. The number of aromatic amines is 1. The molecule has 0 fully saturated rings. The molecule has 0 aliphatic carbocycles. The Kier molecular flexibility index (Phi) is 3.76. The highest BCUT2D eigenvalue weighted by molar-refractivity contribution is 8.02. The number of aromatic nitrogens is 2. The van der Waals surface area contributed by atoms with E-state index in [1.165, 1.54) is 20.9 Å². The zero-order chi connectivity index (χ0) is 15.8. The molecule has 3 aromatic heterocycles. The summed E-state index contributed by atoms with van der Waals surface area (Å²) in [6.45, 7) is 0. The standard InChI is InChI=1S/C16H14N4S3/c1-20(23-14-6-3-7-21-14)13-5-2-4-10-8-11(18-15(10)13)12-9-22-16(17)19-12/h2-9,18H,1H3,(H2,17,19). The Morgan fingerprint density at radius 3 is 2.87 bits per heavy atom. The number of thiophene rings is 1. The molecule has 0 amide bonds. The molecule has 0 spiro atoms. The number of hydrogen-bond donors (Lipinski definition) is 2. The van der Waals surface area contributed by atoms with Gasteiger partial charge in [0.1, 0.15) is 0 Å². The van der Waals surface area contributed by atoms with Gasteiger partial charge in [0, 0.05) is 17.8 Å². The van der Waals surface area contributed by atoms with Gasteiger partial charge in [0.05, 0.1) is 26.8 Å². The SMILES string of the molecule is CN(Sc1cccs1)c1cccc2cc(-c3csc(N)n3)[nH]c12. The second-order valence-corrected chi connectivity index (χ2v) is 8.28. The second kappa shape index (κ2) is 5.92. The van der Waals surface area contributed by atoms with Crippen molar-refractivity contribution in [3.05, 3.63) is 47.2 Å². The summed E-state index contributed by atoms with van der Waals surface area (Å²) in [4.78, 5) is 7.85. The summed E-state index contributed by atoms with van der Waals surface area (Å²) in [5.74, 6) is 0. The summed E-state index contributed by atoms with van der Waals surface area (Å²) < 4.78 is 3.45. The fourth-order valence-corrected chi connectivity index (χ4v) is 4.80. The molecule has 0 aliphatic heterocycles. The van der Waals surface area contributed by atoms with Crippen LogP contribution in [0.4, 0.5) is 10.8 Å². The predicted octanol–water partition coefficient (Wildman–Crippen LogP) is 5.08. The maximum absolute atomic E-state index is 5.75. The lowest BCUT2D eigenvalue weighted by atomic mass is 10.2. The Morgan fingerprint density at radius 1 is 1.22 bits per heavy atom. The zero-order valence-electron chi connectivity index (χ0n) is 12.3. The number of rotatable bonds is 4. The zero-order valence-corrected chi connectivity index (χ0v) is 14.8. The summed E-state index contributed by atoms with van der Waals surface area (Å²) in [5, 5.41) is 5.83. The van der Waals surface area contributed by atoms with Crippen LogP contribution in [0, 0.1) is 0 Å². The first-order valence-electron chi connectivity index (χ1n) is 6.99. The lowest BCUT2D eigenvalue weighted by Gasteiger charge is -2.17. The Hall–Kier alpha value is -1.96. The van der Waals surface area contributed by atoms with Crippen molar-refractivity contribution in [1.82, 2.24) is 9.97 Å². The molecule has 4 aromatic rings. The number of H-pyrrole nitrogens is 1. The number of para-hydroxylation sites is 1. The topological polar surface area (TPSA) is 57.9 Å². The van der Waals surface area contributed by atoms with Gasteiger partial charge in [-0.05, 0) is 35.5 Å². The molecule has 0 radical (unpaired) electrons. The van der Waals surface area contributed by atoms with Crippen LogP contribution in [0.15, 0.2) is 51.4 Å². The monoisotopic (exact) mass is 358 g/mol. The van der Waals surface area contributed by atoms with Gasteiger partial charge in [0.2, 0.25) is 0 Å². The predicted molar refractivity (Wildman–Crippen MR) is 102 cm³/mol. The van der Waals surface area contributed by atoms with E-state index in [1.54, 1.807) is 23.3 Å². The van der Waals surface area contributed by atoms with Crippen molar-refractivity contribution >= 4 is 56.3 Å². The molecule has 0 saturated heterocycles. The molecule has 7 heteroatoms. The number of benzene rings is 1. The number of anilines is 2. The minimum atomic E-state index is 0.587. The smallest absolute Gasteiger partial charge is 0.180 e. The van der Waals surface area contributed by atoms with Gasteiger partial charge in [-0.2, -0.15) is 0 Å². The maximum atomic E-state index is 5.75. The van der Waals surface area contributed by atoms with Crippen LogP contribution in [0.1, 0.15) is 0 Å². The Bertz CT molecular complexity index is 939. The average Bonchev–Trinajstić information content (AvgIpc) is 3.25. The third-order valence-electron chi connectivity index (χ3n) is 3.49. The van der Waals surface area contributed by atoms with E-state index in [-0.39, 0.29) is 0 Å². The van der Waals surface area contributed by atoms with Crippen molar-refractivity contribution in [2.24, 2.45) is 0 Å². The fraction of sp³-hybridized carbons (Fsp3) is 0.0625. The van der Waals surface area contributed by atoms with E-state index in [1.807, 2.05) is 5.38 Å². The molecule has 0 unspecified atom stereocenters. The largest absolute Gasteiger partial charge is 0.375 e. The van der Waals surface area contributed by atoms with Crippen molar-refractivity contribution in [2.45, 2.75) is 4.21 Å². The van der Waals surface area contributed by atoms with Gasteiger partial charge >= 0.3 is 0 Å². The van der Waals surface area contributed by atoms with Crippen molar-refractivity contribution < 1.29 is 0 Å². The summed E-state index contributed by atoms with van der Waals surface area (Å²) in [6, 6.07) is 12.6. The molecule has 1 aromatic carbocycles. The van der Waals surface area contributed by atoms with Crippen molar-refractivity contribution in [2.75, 3.05) is 17.1 Å². The molecule has 4 nitrogen and oxygen atoms in total. The van der Waals surface area contributed by atoms with Gasteiger partial charge in [-0.25, -0.2) is 4.98 Å². The molecule has 0 atom stereocenters. The van der Waals surface area contributed by atoms with E-state index in [0.717, 1.165) is 22.6 Å². The van der Waals surface area contributed by atoms with Crippen LogP contribution in [0.3, 0.4) is 0 Å². The first-order valence-corrected chi connectivity index (χ1v) is 9.52. The Morgan fingerprint density at radius 2 is 2.13 bits per heavy atom. The maximum Gasteiger partial charge on any atom is 0.180 e. The lowest BCUT2D eigenvalue weighted by molar-refractivity contribution is 1.33. The van der Waals surface area contributed by atoms with Gasteiger partial charge in [-0.1, -0.05) is 18.2 Å². The highest BCUT2D eigenvalue weighted by Crippen LogP contribution is 2.36. The molecule has 116 valence electrons. The molecule has 0 saturated carbocycles. The molecule has 3 N–H and O–H groups in total. The second-order valence-electron chi connectivity index (χ2n) is 5.02. The summed E-state index contributed by atoms with van der Waals surface area (Å²) in [6.07, 6.45) is 0. The molecular formula is C16H14N4S3. The van der Waals surface area contributed by atoms with Crippen LogP contribution in [0.5, 0.6) is 0 Å². The number of nitrogens with zero attached hydrogens (tertiary/aromatic N) is 2. The molecular weight excluding hydrogens is 344 g/mol. The van der Waals surface area contributed by atoms with Crippen LogP contribution < -0.4 is 10.0 Å². The first kappa shape index (κ1) is 14.6. The van der Waals surface area contributed by atoms with Crippen LogP contribution >= 0.6 is 34.6 Å². The van der Waals surface area contributed by atoms with Crippen molar-refractivity contribution in [3.63, 3.8) is 0 Å². The van der Waals surface area contributed by atoms with Gasteiger partial charge in [-0.15, -0.1) is 22.7 Å². The number of nitrogen functional groups attached to an aromatic ring is 1. The number of nitrogens with one attached hydrogen (secondary N) is 1. The van der Waals surface area contributed by atoms with E-state index < -0.39 is 0 Å². The summed E-state index contributed by atoms with van der Waals surface area (Å²) in [5.41, 5.74) is 9.89. The lowest BCUT2D eigenvalue weighted by Crippen LogP contribution is -2.05. The van der Waals surface area contributed by atoms with Gasteiger partial charge < -0.3 is 15.0 Å². The van der Waals surface area contributed by atoms with Gasteiger partial charge in [-0.3, -0.25) is 0 Å². The molecule has 0 bridgehead atoms. The van der Waals surface area contributed by atoms with Crippen molar-refractivity contribution in [1.29, 1.82) is 0 Å². The normalized spacial score (nSPS) is 11.2. The Labute approximate surface area is 146 Å². The van der Waals surface area contributed by atoms with Crippen molar-refractivity contribution in [3.8, 4) is 11.4 Å². The van der Waals surface area contributed by atoms with E-state index in [0.29, 0.717) is 5.13 Å². The number of thiazole rings is 1. The summed E-state index contributed by atoms with van der Waals surface area (Å²) in [7, 11) is 2.08. The number of hydrogen-bond acceptors (Lipinski definition) is 6. The average molecular weight is 359 g/mol. The highest BCUT2D eigenvalue weighted by atomic mass is 32.2. The molecule has 3 heterocycles. The molecule has 4 rings (SSSR count). The quantitative estimate of drug-likeness (QED) is 0.500. The van der Waals surface area contributed by atoms with E-state index in [9.17, 15) is 0 Å². The molecule has 23 heavy (non-hydrogen) atoms. The van der Waals surface area contributed by atoms with Crippen LogP contribution in [-0.4, -0.2) is 17.0 Å². The number of nitrogens with two attached hydrogens (primary N) is 1. The third-order valence-corrected chi connectivity index (χ3v) is 6.13.